The summed E-state index contributed by atoms with van der Waals surface area (Å²) in [5.41, 5.74) is 15.0. The highest BCUT2D eigenvalue weighted by Crippen LogP contribution is 2.51. The Kier molecular flexibility index (Phi) is 5.37. The predicted molar refractivity (Wildman–Crippen MR) is 198 cm³/mol. The first-order chi connectivity index (χ1) is 23.1. The molecule has 0 atom stereocenters. The largest absolute Gasteiger partial charge is 0.309 e. The van der Waals surface area contributed by atoms with Gasteiger partial charge in [0.1, 0.15) is 0 Å². The summed E-state index contributed by atoms with van der Waals surface area (Å²) in [6.07, 6.45) is 0. The molecule has 1 aliphatic rings. The number of hydrogen-bond donors (Lipinski definition) is 0. The van der Waals surface area contributed by atoms with Crippen molar-refractivity contribution in [2.45, 2.75) is 19.3 Å². The number of para-hydroxylation sites is 3. The Morgan fingerprint density at radius 3 is 1.66 bits per heavy atom. The van der Waals surface area contributed by atoms with Gasteiger partial charge < -0.3 is 9.13 Å². The number of rotatable bonds is 3. The maximum atomic E-state index is 2.48. The average molecular weight is 601 g/mol. The summed E-state index contributed by atoms with van der Waals surface area (Å²) >= 11 is 0. The second-order valence-corrected chi connectivity index (χ2v) is 13.4. The SMILES string of the molecule is CC1(C)c2ccccc2-c2cc3c4ccccc4n(-c4ccc(-c5ccccc5)c(-n5c6ccccc6c6ccccc65)c4)c3cc21. The Morgan fingerprint density at radius 1 is 0.383 bits per heavy atom. The number of hydrogen-bond acceptors (Lipinski definition) is 0. The van der Waals surface area contributed by atoms with Gasteiger partial charge in [0.05, 0.1) is 27.8 Å². The fraction of sp³-hybridized carbons (Fsp3) is 0.0667. The molecule has 0 amide bonds. The third-order valence-electron chi connectivity index (χ3n) is 10.5. The second-order valence-electron chi connectivity index (χ2n) is 13.4. The molecule has 222 valence electrons. The Balaban J connectivity index is 1.31. The van der Waals surface area contributed by atoms with Crippen molar-refractivity contribution in [2.24, 2.45) is 0 Å². The van der Waals surface area contributed by atoms with Crippen molar-refractivity contribution in [3.05, 3.63) is 169 Å². The smallest absolute Gasteiger partial charge is 0.0561 e. The Labute approximate surface area is 273 Å². The number of benzene rings is 7. The van der Waals surface area contributed by atoms with E-state index in [1.165, 1.54) is 82.7 Å². The van der Waals surface area contributed by atoms with E-state index in [1.807, 2.05) is 0 Å². The van der Waals surface area contributed by atoms with Crippen LogP contribution in [0.1, 0.15) is 25.0 Å². The van der Waals surface area contributed by atoms with Crippen LogP contribution in [-0.2, 0) is 5.41 Å². The van der Waals surface area contributed by atoms with Gasteiger partial charge in [0, 0.05) is 38.2 Å². The minimum Gasteiger partial charge on any atom is -0.309 e. The van der Waals surface area contributed by atoms with E-state index in [-0.39, 0.29) is 5.41 Å². The second kappa shape index (κ2) is 9.57. The highest BCUT2D eigenvalue weighted by molar-refractivity contribution is 6.12. The van der Waals surface area contributed by atoms with E-state index in [9.17, 15) is 0 Å². The molecule has 0 radical (unpaired) electrons. The quantitative estimate of drug-likeness (QED) is 0.191. The van der Waals surface area contributed by atoms with Gasteiger partial charge in [-0.2, -0.15) is 0 Å². The summed E-state index contributed by atoms with van der Waals surface area (Å²) in [6.45, 7) is 4.73. The van der Waals surface area contributed by atoms with Crippen LogP contribution in [-0.4, -0.2) is 9.13 Å². The summed E-state index contributed by atoms with van der Waals surface area (Å²) in [5.74, 6) is 0. The molecule has 0 fully saturated rings. The molecule has 0 unspecified atom stereocenters. The molecule has 0 spiro atoms. The molecule has 7 aromatic carbocycles. The van der Waals surface area contributed by atoms with Crippen LogP contribution < -0.4 is 0 Å². The zero-order chi connectivity index (χ0) is 31.3. The zero-order valence-corrected chi connectivity index (χ0v) is 26.4. The van der Waals surface area contributed by atoms with Crippen molar-refractivity contribution in [3.63, 3.8) is 0 Å². The molecular weight excluding hydrogens is 569 g/mol. The molecular formula is C45H32N2. The first-order valence-corrected chi connectivity index (χ1v) is 16.5. The van der Waals surface area contributed by atoms with Gasteiger partial charge >= 0.3 is 0 Å². The van der Waals surface area contributed by atoms with Gasteiger partial charge in [-0.1, -0.05) is 129 Å². The van der Waals surface area contributed by atoms with Crippen LogP contribution in [0.2, 0.25) is 0 Å². The van der Waals surface area contributed by atoms with Crippen LogP contribution in [0.3, 0.4) is 0 Å². The van der Waals surface area contributed by atoms with Crippen molar-refractivity contribution < 1.29 is 0 Å². The summed E-state index contributed by atoms with van der Waals surface area (Å²) < 4.78 is 4.94. The summed E-state index contributed by atoms with van der Waals surface area (Å²) in [4.78, 5) is 0. The van der Waals surface area contributed by atoms with Crippen LogP contribution >= 0.6 is 0 Å². The molecule has 47 heavy (non-hydrogen) atoms. The fourth-order valence-electron chi connectivity index (χ4n) is 8.33. The molecule has 0 N–H and O–H groups in total. The molecule has 0 aliphatic heterocycles. The van der Waals surface area contributed by atoms with Crippen molar-refractivity contribution in [3.8, 4) is 33.6 Å². The van der Waals surface area contributed by atoms with E-state index in [2.05, 4.69) is 181 Å². The fourth-order valence-corrected chi connectivity index (χ4v) is 8.33. The first kappa shape index (κ1) is 26.4. The predicted octanol–water partition coefficient (Wildman–Crippen LogP) is 11.9. The molecule has 0 saturated carbocycles. The Hall–Kier alpha value is -5.86. The van der Waals surface area contributed by atoms with Crippen LogP contribution in [0.25, 0.3) is 77.2 Å². The summed E-state index contributed by atoms with van der Waals surface area (Å²) in [6, 6.07) is 58.1. The van der Waals surface area contributed by atoms with E-state index in [0.29, 0.717) is 0 Å². The van der Waals surface area contributed by atoms with Crippen LogP contribution in [0, 0.1) is 0 Å². The molecule has 2 heterocycles. The molecule has 0 bridgehead atoms. The zero-order valence-electron chi connectivity index (χ0n) is 26.4. The monoisotopic (exact) mass is 600 g/mol. The van der Waals surface area contributed by atoms with E-state index in [0.717, 1.165) is 5.69 Å². The molecule has 1 aliphatic carbocycles. The topological polar surface area (TPSA) is 9.86 Å². The molecule has 2 nitrogen and oxygen atoms in total. The van der Waals surface area contributed by atoms with E-state index < -0.39 is 0 Å². The Morgan fingerprint density at radius 2 is 0.957 bits per heavy atom. The number of aromatic nitrogens is 2. The number of fused-ring (bicyclic) bond motifs is 9. The van der Waals surface area contributed by atoms with Crippen molar-refractivity contribution in [1.82, 2.24) is 9.13 Å². The normalized spacial score (nSPS) is 13.5. The maximum absolute atomic E-state index is 2.48. The minimum atomic E-state index is -0.0767. The van der Waals surface area contributed by atoms with Gasteiger partial charge in [-0.05, 0) is 70.3 Å². The lowest BCUT2D eigenvalue weighted by Crippen LogP contribution is -2.15. The third kappa shape index (κ3) is 3.61. The van der Waals surface area contributed by atoms with Gasteiger partial charge in [0.2, 0.25) is 0 Å². The highest BCUT2D eigenvalue weighted by atomic mass is 15.0. The van der Waals surface area contributed by atoms with Crippen LogP contribution in [0.15, 0.2) is 158 Å². The van der Waals surface area contributed by atoms with E-state index in [1.54, 1.807) is 0 Å². The van der Waals surface area contributed by atoms with Gasteiger partial charge in [-0.25, -0.2) is 0 Å². The number of nitrogens with zero attached hydrogens (tertiary/aromatic N) is 2. The van der Waals surface area contributed by atoms with Gasteiger partial charge in [0.25, 0.3) is 0 Å². The lowest BCUT2D eigenvalue weighted by molar-refractivity contribution is 0.661. The van der Waals surface area contributed by atoms with Gasteiger partial charge in [-0.15, -0.1) is 0 Å². The molecule has 2 aromatic heterocycles. The standard InChI is InChI=1S/C45H32N2/c1-45(2)38-20-10-6-16-32(38)36-27-37-35-19-9-11-21-40(35)46(44(37)28-39(36)45)30-24-25-31(29-14-4-3-5-15-29)43(26-30)47-41-22-12-7-17-33(41)34-18-8-13-23-42(34)47/h3-28H,1-2H3. The van der Waals surface area contributed by atoms with Gasteiger partial charge in [0.15, 0.2) is 0 Å². The maximum Gasteiger partial charge on any atom is 0.0561 e. The first-order valence-electron chi connectivity index (χ1n) is 16.5. The van der Waals surface area contributed by atoms with Crippen molar-refractivity contribution >= 4 is 43.6 Å². The van der Waals surface area contributed by atoms with Gasteiger partial charge in [-0.3, -0.25) is 0 Å². The average Bonchev–Trinajstić information content (AvgIpc) is 3.71. The molecule has 9 aromatic rings. The summed E-state index contributed by atoms with van der Waals surface area (Å²) in [7, 11) is 0. The highest BCUT2D eigenvalue weighted by Gasteiger charge is 2.36. The minimum absolute atomic E-state index is 0.0767. The Bertz CT molecular complexity index is 2650. The summed E-state index contributed by atoms with van der Waals surface area (Å²) in [5, 5.41) is 5.10. The molecule has 0 saturated heterocycles. The molecule has 2 heteroatoms. The lowest BCUT2D eigenvalue weighted by Gasteiger charge is -2.22. The van der Waals surface area contributed by atoms with E-state index >= 15 is 0 Å². The van der Waals surface area contributed by atoms with Crippen molar-refractivity contribution in [2.75, 3.05) is 0 Å². The van der Waals surface area contributed by atoms with Crippen LogP contribution in [0.5, 0.6) is 0 Å². The lowest BCUT2D eigenvalue weighted by atomic mass is 9.82. The third-order valence-corrected chi connectivity index (χ3v) is 10.5. The molecule has 10 rings (SSSR count). The van der Waals surface area contributed by atoms with Crippen LogP contribution in [0.4, 0.5) is 0 Å². The van der Waals surface area contributed by atoms with Crippen molar-refractivity contribution in [1.29, 1.82) is 0 Å². The van der Waals surface area contributed by atoms with E-state index in [4.69, 9.17) is 0 Å².